The second kappa shape index (κ2) is 14.8. The zero-order valence-corrected chi connectivity index (χ0v) is 33.8. The lowest BCUT2D eigenvalue weighted by Crippen LogP contribution is -2.51. The molecule has 312 valence electrons. The summed E-state index contributed by atoms with van der Waals surface area (Å²) in [5, 5.41) is 23.6. The number of likely N-dealkylation sites (tertiary alicyclic amines) is 2. The molecule has 0 radical (unpaired) electrons. The number of aliphatic hydroxyl groups excluding tert-OH is 2. The first-order valence-corrected chi connectivity index (χ1v) is 20.5. The number of rotatable bonds is 6. The standard InChI is InChI=1S/2C22H25N5O3/c2*1-26-10-13(11-28)22(21(26)30)7-4-8-27(12-22)20-17-14-5-2-3-6-16(14)25-18(17)15(9-24-20)19(23)29/h2*2-3,5-6,9,13,25,28H,4,7-8,10-12H2,1H3,(H2,23,29). The van der Waals surface area contributed by atoms with Gasteiger partial charge in [-0.2, -0.15) is 0 Å². The van der Waals surface area contributed by atoms with Gasteiger partial charge in [0.25, 0.3) is 11.8 Å². The number of aromatic amines is 2. The van der Waals surface area contributed by atoms with E-state index >= 15 is 0 Å². The molecule has 16 nitrogen and oxygen atoms in total. The van der Waals surface area contributed by atoms with Gasteiger partial charge in [-0.15, -0.1) is 0 Å². The molecule has 0 bridgehead atoms. The second-order valence-electron chi connectivity index (χ2n) is 17.1. The van der Waals surface area contributed by atoms with Crippen molar-refractivity contribution in [1.82, 2.24) is 29.7 Å². The van der Waals surface area contributed by atoms with Gasteiger partial charge in [-0.05, 0) is 37.8 Å². The summed E-state index contributed by atoms with van der Waals surface area (Å²) in [7, 11) is 3.60. The summed E-state index contributed by atoms with van der Waals surface area (Å²) in [5.41, 5.74) is 13.8. The van der Waals surface area contributed by atoms with Crippen molar-refractivity contribution in [3.05, 3.63) is 72.1 Å². The molecule has 4 aliphatic rings. The lowest BCUT2D eigenvalue weighted by Gasteiger charge is -2.42. The van der Waals surface area contributed by atoms with Crippen molar-refractivity contribution in [3.8, 4) is 0 Å². The van der Waals surface area contributed by atoms with Crippen molar-refractivity contribution in [2.24, 2.45) is 34.1 Å². The van der Waals surface area contributed by atoms with Crippen molar-refractivity contribution >= 4 is 78.9 Å². The van der Waals surface area contributed by atoms with Crippen molar-refractivity contribution < 1.29 is 29.4 Å². The number of benzene rings is 2. The Hall–Kier alpha value is -6.26. The maximum absolute atomic E-state index is 13.1. The number of nitrogens with one attached hydrogen (secondary N) is 2. The number of para-hydroxylation sites is 2. The first kappa shape index (κ1) is 39.2. The van der Waals surface area contributed by atoms with E-state index in [0.717, 1.165) is 83.0 Å². The number of hydrogen-bond donors (Lipinski definition) is 6. The van der Waals surface area contributed by atoms with Crippen LogP contribution in [-0.2, 0) is 9.59 Å². The fraction of sp³-hybridized carbons (Fsp3) is 0.409. The number of amides is 4. The predicted octanol–water partition coefficient (Wildman–Crippen LogP) is 2.96. The molecule has 0 saturated carbocycles. The molecule has 16 heteroatoms. The summed E-state index contributed by atoms with van der Waals surface area (Å²) in [6, 6.07) is 15.7. The smallest absolute Gasteiger partial charge is 0.252 e. The van der Waals surface area contributed by atoms with Crippen LogP contribution in [0.5, 0.6) is 0 Å². The molecular formula is C44H50N10O6. The SMILES string of the molecule is CN1CC(CO)C2(CCCN(c3ncc(C(N)=O)c4[nH]c5ccccc5c34)C2)C1=O.CN1CC(CO)C2(CCCN(c3ncc(C(N)=O)c4[nH]c5ccccc5c34)C2)C1=O. The molecular weight excluding hydrogens is 765 g/mol. The number of piperidine rings is 2. The second-order valence-corrected chi connectivity index (χ2v) is 17.1. The van der Waals surface area contributed by atoms with Crippen LogP contribution >= 0.6 is 0 Å². The molecule has 4 atom stereocenters. The Kier molecular flexibility index (Phi) is 9.66. The number of nitrogens with two attached hydrogens (primary N) is 2. The van der Waals surface area contributed by atoms with Gasteiger partial charge in [0.15, 0.2) is 0 Å². The van der Waals surface area contributed by atoms with Crippen LogP contribution in [0.1, 0.15) is 46.4 Å². The van der Waals surface area contributed by atoms with Gasteiger partial charge in [-0.3, -0.25) is 19.2 Å². The number of fused-ring (bicyclic) bond motifs is 6. The average molecular weight is 815 g/mol. The van der Waals surface area contributed by atoms with Gasteiger partial charge in [0.2, 0.25) is 11.8 Å². The molecule has 60 heavy (non-hydrogen) atoms. The molecule has 10 rings (SSSR count). The maximum Gasteiger partial charge on any atom is 0.252 e. The highest BCUT2D eigenvalue weighted by atomic mass is 16.3. The fourth-order valence-corrected chi connectivity index (χ4v) is 10.8. The Morgan fingerprint density at radius 3 is 1.48 bits per heavy atom. The van der Waals surface area contributed by atoms with Crippen molar-refractivity contribution in [1.29, 1.82) is 0 Å². The Morgan fingerprint density at radius 1 is 0.700 bits per heavy atom. The number of pyridine rings is 2. The van der Waals surface area contributed by atoms with E-state index in [1.165, 1.54) is 12.4 Å². The number of carbonyl (C=O) groups excluding carboxylic acids is 4. The van der Waals surface area contributed by atoms with Crippen molar-refractivity contribution in [2.75, 3.05) is 76.4 Å². The molecule has 6 aromatic rings. The summed E-state index contributed by atoms with van der Waals surface area (Å²) in [4.78, 5) is 73.9. The normalized spacial score (nSPS) is 24.5. The van der Waals surface area contributed by atoms with Crippen LogP contribution in [-0.4, -0.2) is 130 Å². The van der Waals surface area contributed by atoms with Gasteiger partial charge in [0.1, 0.15) is 11.6 Å². The molecule has 4 amide bonds. The highest BCUT2D eigenvalue weighted by Crippen LogP contribution is 2.47. The zero-order chi connectivity index (χ0) is 42.1. The zero-order valence-electron chi connectivity index (χ0n) is 33.8. The molecule has 4 aliphatic heterocycles. The fourth-order valence-electron chi connectivity index (χ4n) is 10.8. The number of H-pyrrole nitrogens is 2. The third-order valence-corrected chi connectivity index (χ3v) is 13.7. The van der Waals surface area contributed by atoms with Gasteiger partial charge in [0.05, 0.1) is 43.8 Å². The quantitative estimate of drug-likeness (QED) is 0.144. The number of carbonyl (C=O) groups is 4. The van der Waals surface area contributed by atoms with E-state index in [9.17, 15) is 29.4 Å². The average Bonchev–Trinajstić information content (AvgIpc) is 3.97. The van der Waals surface area contributed by atoms with Crippen LogP contribution in [0.25, 0.3) is 43.6 Å². The number of aromatic nitrogens is 4. The predicted molar refractivity (Wildman–Crippen MR) is 228 cm³/mol. The van der Waals surface area contributed by atoms with Crippen LogP contribution in [0.2, 0.25) is 0 Å². The highest BCUT2D eigenvalue weighted by molar-refractivity contribution is 6.19. The molecule has 2 aromatic carbocycles. The van der Waals surface area contributed by atoms with Gasteiger partial charge < -0.3 is 51.2 Å². The van der Waals surface area contributed by atoms with E-state index < -0.39 is 22.6 Å². The third-order valence-electron chi connectivity index (χ3n) is 13.7. The van der Waals surface area contributed by atoms with E-state index in [-0.39, 0.29) is 36.9 Å². The summed E-state index contributed by atoms with van der Waals surface area (Å²) < 4.78 is 0. The van der Waals surface area contributed by atoms with Gasteiger partial charge in [-0.25, -0.2) is 9.97 Å². The van der Waals surface area contributed by atoms with Crippen LogP contribution in [0.15, 0.2) is 60.9 Å². The molecule has 8 heterocycles. The van der Waals surface area contributed by atoms with Crippen LogP contribution in [0.3, 0.4) is 0 Å². The van der Waals surface area contributed by atoms with Gasteiger partial charge in [0, 0.05) is 113 Å². The monoisotopic (exact) mass is 814 g/mol. The Morgan fingerprint density at radius 2 is 1.10 bits per heavy atom. The molecule has 4 fully saturated rings. The summed E-state index contributed by atoms with van der Waals surface area (Å²) in [5.74, 6) is 0.408. The van der Waals surface area contributed by atoms with E-state index in [4.69, 9.17) is 11.5 Å². The van der Waals surface area contributed by atoms with E-state index in [1.807, 2.05) is 48.5 Å². The van der Waals surface area contributed by atoms with Crippen molar-refractivity contribution in [2.45, 2.75) is 25.7 Å². The molecule has 4 saturated heterocycles. The van der Waals surface area contributed by atoms with E-state index in [0.29, 0.717) is 48.3 Å². The minimum absolute atomic E-state index is 0.0134. The molecule has 8 N–H and O–H groups in total. The first-order valence-electron chi connectivity index (χ1n) is 20.5. The number of anilines is 2. The maximum atomic E-state index is 13.1. The molecule has 4 aromatic heterocycles. The van der Waals surface area contributed by atoms with Gasteiger partial charge >= 0.3 is 0 Å². The van der Waals surface area contributed by atoms with E-state index in [2.05, 4.69) is 29.7 Å². The summed E-state index contributed by atoms with van der Waals surface area (Å²) >= 11 is 0. The lowest BCUT2D eigenvalue weighted by atomic mass is 9.71. The van der Waals surface area contributed by atoms with Crippen LogP contribution in [0, 0.1) is 22.7 Å². The van der Waals surface area contributed by atoms with Crippen LogP contribution < -0.4 is 21.3 Å². The number of aliphatic hydroxyl groups is 2. The number of nitrogens with zero attached hydrogens (tertiary/aromatic N) is 6. The Balaban J connectivity index is 0.000000154. The highest BCUT2D eigenvalue weighted by Gasteiger charge is 2.56. The number of primary amides is 2. The largest absolute Gasteiger partial charge is 0.396 e. The summed E-state index contributed by atoms with van der Waals surface area (Å²) in [6.45, 7) is 3.63. The van der Waals surface area contributed by atoms with Crippen molar-refractivity contribution in [3.63, 3.8) is 0 Å². The molecule has 0 aliphatic carbocycles. The Labute approximate surface area is 345 Å². The number of hydrogen-bond acceptors (Lipinski definition) is 10. The minimum atomic E-state index is -0.607. The third kappa shape index (κ3) is 5.94. The summed E-state index contributed by atoms with van der Waals surface area (Å²) in [6.07, 6.45) is 6.21. The topological polar surface area (TPSA) is 231 Å². The van der Waals surface area contributed by atoms with Gasteiger partial charge in [-0.1, -0.05) is 36.4 Å². The molecule has 4 unspecified atom stereocenters. The lowest BCUT2D eigenvalue weighted by molar-refractivity contribution is -0.137. The first-order chi connectivity index (χ1) is 28.9. The Bertz CT molecular complexity index is 2530. The van der Waals surface area contributed by atoms with Crippen LogP contribution in [0.4, 0.5) is 11.6 Å². The molecule has 2 spiro atoms. The minimum Gasteiger partial charge on any atom is -0.396 e. The van der Waals surface area contributed by atoms with E-state index in [1.54, 1.807) is 23.9 Å².